The van der Waals surface area contributed by atoms with Gasteiger partial charge in [-0.15, -0.1) is 0 Å². The second kappa shape index (κ2) is 6.75. The molecule has 0 bridgehead atoms. The summed E-state index contributed by atoms with van der Waals surface area (Å²) in [6.07, 6.45) is 1.81. The molecule has 2 rings (SSSR count). The van der Waals surface area contributed by atoms with Gasteiger partial charge in [-0.25, -0.2) is 0 Å². The summed E-state index contributed by atoms with van der Waals surface area (Å²) in [5.41, 5.74) is 7.14. The fraction of sp³-hybridized carbons (Fsp3) is 0.562. The zero-order valence-electron chi connectivity index (χ0n) is 12.4. The molecule has 1 atom stereocenters. The largest absolute Gasteiger partial charge is 0.399 e. The Hall–Kier alpha value is -1.55. The molecular weight excluding hydrogens is 250 g/mol. The van der Waals surface area contributed by atoms with Crippen molar-refractivity contribution in [1.29, 1.82) is 0 Å². The van der Waals surface area contributed by atoms with Crippen molar-refractivity contribution in [2.45, 2.75) is 26.7 Å². The topological polar surface area (TPSA) is 58.4 Å². The van der Waals surface area contributed by atoms with Gasteiger partial charge in [0.05, 0.1) is 0 Å². The molecule has 1 fully saturated rings. The number of anilines is 2. The molecule has 4 nitrogen and oxygen atoms in total. The average molecular weight is 275 g/mol. The quantitative estimate of drug-likeness (QED) is 0.812. The van der Waals surface area contributed by atoms with E-state index in [2.05, 4.69) is 24.1 Å². The van der Waals surface area contributed by atoms with Crippen molar-refractivity contribution < 1.29 is 4.79 Å². The third kappa shape index (κ3) is 4.23. The molecule has 110 valence electrons. The van der Waals surface area contributed by atoms with Gasteiger partial charge in [-0.2, -0.15) is 0 Å². The van der Waals surface area contributed by atoms with E-state index in [1.165, 1.54) is 6.42 Å². The smallest absolute Gasteiger partial charge is 0.225 e. The van der Waals surface area contributed by atoms with E-state index in [9.17, 15) is 4.79 Å². The van der Waals surface area contributed by atoms with Gasteiger partial charge in [-0.1, -0.05) is 13.8 Å². The molecule has 1 aliphatic heterocycles. The first-order chi connectivity index (χ1) is 9.54. The number of carbonyl (C=O) groups is 1. The number of likely N-dealkylation sites (tertiary alicyclic amines) is 1. The second-order valence-electron chi connectivity index (χ2n) is 6.01. The summed E-state index contributed by atoms with van der Waals surface area (Å²) in [6.45, 7) is 7.67. The monoisotopic (exact) mass is 275 g/mol. The molecule has 0 radical (unpaired) electrons. The Kier molecular flexibility index (Phi) is 5.01. The van der Waals surface area contributed by atoms with Gasteiger partial charge in [0.2, 0.25) is 5.91 Å². The lowest BCUT2D eigenvalue weighted by Crippen LogP contribution is -2.26. The lowest BCUT2D eigenvalue weighted by molar-refractivity contribution is -0.116. The molecule has 1 aromatic rings. The Morgan fingerprint density at radius 3 is 2.70 bits per heavy atom. The van der Waals surface area contributed by atoms with Crippen molar-refractivity contribution in [2.75, 3.05) is 30.7 Å². The number of benzene rings is 1. The van der Waals surface area contributed by atoms with E-state index in [-0.39, 0.29) is 5.91 Å². The Labute approximate surface area is 121 Å². The van der Waals surface area contributed by atoms with Crippen molar-refractivity contribution in [2.24, 2.45) is 11.8 Å². The van der Waals surface area contributed by atoms with Crippen LogP contribution in [0.3, 0.4) is 0 Å². The second-order valence-corrected chi connectivity index (χ2v) is 6.01. The Balaban J connectivity index is 1.72. The molecular formula is C16H25N3O. The number of nitrogen functional groups attached to an aromatic ring is 1. The van der Waals surface area contributed by atoms with Crippen LogP contribution in [0.5, 0.6) is 0 Å². The summed E-state index contributed by atoms with van der Waals surface area (Å²) in [6, 6.07) is 7.25. The fourth-order valence-corrected chi connectivity index (χ4v) is 2.66. The summed E-state index contributed by atoms with van der Waals surface area (Å²) in [4.78, 5) is 14.3. The van der Waals surface area contributed by atoms with Gasteiger partial charge < -0.3 is 16.0 Å². The Bertz CT molecular complexity index is 442. The summed E-state index contributed by atoms with van der Waals surface area (Å²) in [5, 5.41) is 2.91. The fourth-order valence-electron chi connectivity index (χ4n) is 2.66. The maximum absolute atomic E-state index is 11.9. The number of nitrogens with zero attached hydrogens (tertiary/aromatic N) is 1. The number of amides is 1. The van der Waals surface area contributed by atoms with Crippen LogP contribution in [0, 0.1) is 11.8 Å². The van der Waals surface area contributed by atoms with Crippen molar-refractivity contribution in [3.05, 3.63) is 24.3 Å². The van der Waals surface area contributed by atoms with Crippen LogP contribution in [0.25, 0.3) is 0 Å². The molecule has 0 aromatic heterocycles. The number of nitrogens with one attached hydrogen (secondary N) is 1. The van der Waals surface area contributed by atoms with E-state index < -0.39 is 0 Å². The van der Waals surface area contributed by atoms with Gasteiger partial charge in [-0.3, -0.25) is 4.79 Å². The number of hydrogen-bond acceptors (Lipinski definition) is 3. The average Bonchev–Trinajstić information content (AvgIpc) is 2.88. The van der Waals surface area contributed by atoms with Crippen molar-refractivity contribution in [1.82, 2.24) is 4.90 Å². The van der Waals surface area contributed by atoms with Gasteiger partial charge in [-0.05, 0) is 49.1 Å². The van der Waals surface area contributed by atoms with E-state index >= 15 is 0 Å². The van der Waals surface area contributed by atoms with E-state index in [0.29, 0.717) is 12.1 Å². The highest BCUT2D eigenvalue weighted by Gasteiger charge is 2.24. The molecule has 1 aliphatic rings. The summed E-state index contributed by atoms with van der Waals surface area (Å²) in [5.74, 6) is 1.60. The molecule has 3 N–H and O–H groups in total. The predicted molar refractivity (Wildman–Crippen MR) is 83.5 cm³/mol. The normalized spacial score (nSPS) is 19.4. The maximum Gasteiger partial charge on any atom is 0.225 e. The number of nitrogens with two attached hydrogens (primary N) is 1. The minimum atomic E-state index is 0.0720. The highest BCUT2D eigenvalue weighted by molar-refractivity contribution is 5.90. The summed E-state index contributed by atoms with van der Waals surface area (Å²) >= 11 is 0. The zero-order valence-corrected chi connectivity index (χ0v) is 12.4. The van der Waals surface area contributed by atoms with Crippen LogP contribution in [0.4, 0.5) is 11.4 Å². The van der Waals surface area contributed by atoms with Crippen LogP contribution in [-0.4, -0.2) is 30.4 Å². The van der Waals surface area contributed by atoms with Crippen LogP contribution in [0.15, 0.2) is 24.3 Å². The van der Waals surface area contributed by atoms with Gasteiger partial charge >= 0.3 is 0 Å². The third-order valence-corrected chi connectivity index (χ3v) is 4.10. The van der Waals surface area contributed by atoms with E-state index in [1.54, 1.807) is 12.1 Å². The van der Waals surface area contributed by atoms with Crippen LogP contribution >= 0.6 is 0 Å². The summed E-state index contributed by atoms with van der Waals surface area (Å²) < 4.78 is 0. The maximum atomic E-state index is 11.9. The molecule has 0 saturated carbocycles. The number of rotatable bonds is 5. The van der Waals surface area contributed by atoms with Crippen molar-refractivity contribution >= 4 is 17.3 Å². The minimum Gasteiger partial charge on any atom is -0.399 e. The Morgan fingerprint density at radius 1 is 1.40 bits per heavy atom. The van der Waals surface area contributed by atoms with Crippen LogP contribution in [-0.2, 0) is 4.79 Å². The molecule has 0 aliphatic carbocycles. The number of hydrogen-bond donors (Lipinski definition) is 2. The van der Waals surface area contributed by atoms with Gasteiger partial charge in [0.25, 0.3) is 0 Å². The Morgan fingerprint density at radius 2 is 2.10 bits per heavy atom. The van der Waals surface area contributed by atoms with Gasteiger partial charge in [0.15, 0.2) is 0 Å². The van der Waals surface area contributed by atoms with Crippen molar-refractivity contribution in [3.63, 3.8) is 0 Å². The minimum absolute atomic E-state index is 0.0720. The van der Waals surface area contributed by atoms with E-state index in [0.717, 1.165) is 37.2 Å². The SMILES string of the molecule is CC(C)C1CCN(CCC(=O)Nc2ccc(N)cc2)C1. The van der Waals surface area contributed by atoms with Crippen LogP contribution in [0.2, 0.25) is 0 Å². The first kappa shape index (κ1) is 14.9. The highest BCUT2D eigenvalue weighted by Crippen LogP contribution is 2.23. The highest BCUT2D eigenvalue weighted by atomic mass is 16.1. The zero-order chi connectivity index (χ0) is 14.5. The standard InChI is InChI=1S/C16H25N3O/c1-12(2)13-7-9-19(11-13)10-8-16(20)18-15-5-3-14(17)4-6-15/h3-6,12-13H,7-11,17H2,1-2H3,(H,18,20). The molecule has 1 amide bonds. The van der Waals surface area contributed by atoms with Gasteiger partial charge in [0.1, 0.15) is 0 Å². The first-order valence-corrected chi connectivity index (χ1v) is 7.42. The third-order valence-electron chi connectivity index (χ3n) is 4.10. The molecule has 1 unspecified atom stereocenters. The lowest BCUT2D eigenvalue weighted by Gasteiger charge is -2.17. The molecule has 0 spiro atoms. The molecule has 1 heterocycles. The predicted octanol–water partition coefficient (Wildman–Crippen LogP) is 2.58. The number of carbonyl (C=O) groups excluding carboxylic acids is 1. The first-order valence-electron chi connectivity index (χ1n) is 7.42. The molecule has 20 heavy (non-hydrogen) atoms. The van der Waals surface area contributed by atoms with Gasteiger partial charge in [0, 0.05) is 30.9 Å². The summed E-state index contributed by atoms with van der Waals surface area (Å²) in [7, 11) is 0. The van der Waals surface area contributed by atoms with Crippen molar-refractivity contribution in [3.8, 4) is 0 Å². The van der Waals surface area contributed by atoms with E-state index in [1.807, 2.05) is 12.1 Å². The van der Waals surface area contributed by atoms with Crippen LogP contribution in [0.1, 0.15) is 26.7 Å². The molecule has 4 heteroatoms. The molecule has 1 saturated heterocycles. The lowest BCUT2D eigenvalue weighted by atomic mass is 9.95. The van der Waals surface area contributed by atoms with E-state index in [4.69, 9.17) is 5.73 Å². The molecule has 1 aromatic carbocycles. The van der Waals surface area contributed by atoms with Crippen LogP contribution < -0.4 is 11.1 Å².